The summed E-state index contributed by atoms with van der Waals surface area (Å²) < 4.78 is 38.7. The van der Waals surface area contributed by atoms with Crippen molar-refractivity contribution in [1.82, 2.24) is 4.90 Å². The zero-order valence-corrected chi connectivity index (χ0v) is 14.5. The van der Waals surface area contributed by atoms with Crippen molar-refractivity contribution in [3.05, 3.63) is 29.8 Å². The second kappa shape index (κ2) is 7.21. The van der Waals surface area contributed by atoms with Crippen LogP contribution in [0.2, 0.25) is 0 Å². The number of benzene rings is 1. The topological polar surface area (TPSA) is 83.7 Å². The molecule has 2 fully saturated rings. The van der Waals surface area contributed by atoms with Gasteiger partial charge in [-0.25, -0.2) is 0 Å². The number of carbonyl (C=O) groups excluding carboxylic acids is 3. The average molecular weight is 383 g/mol. The molecule has 1 atom stereocenters. The van der Waals surface area contributed by atoms with Crippen LogP contribution in [0.5, 0.6) is 0 Å². The minimum atomic E-state index is -4.50. The highest BCUT2D eigenvalue weighted by Gasteiger charge is 2.39. The summed E-state index contributed by atoms with van der Waals surface area (Å²) in [6, 6.07) is 4.53. The minimum absolute atomic E-state index is 0.0369. The lowest BCUT2D eigenvalue weighted by Crippen LogP contribution is -2.44. The van der Waals surface area contributed by atoms with Gasteiger partial charge in [0.2, 0.25) is 17.7 Å². The molecule has 2 aliphatic heterocycles. The van der Waals surface area contributed by atoms with Gasteiger partial charge in [-0.3, -0.25) is 14.4 Å². The predicted molar refractivity (Wildman–Crippen MR) is 90.4 cm³/mol. The molecular formula is C18H20F3N3O3. The van der Waals surface area contributed by atoms with Crippen LogP contribution in [0.4, 0.5) is 18.9 Å². The minimum Gasteiger partial charge on any atom is -0.369 e. The lowest BCUT2D eigenvalue weighted by Gasteiger charge is -2.32. The first-order chi connectivity index (χ1) is 12.7. The summed E-state index contributed by atoms with van der Waals surface area (Å²) in [6.45, 7) is 0.829. The number of nitrogens with zero attached hydrogens (tertiary/aromatic N) is 2. The highest BCUT2D eigenvalue weighted by atomic mass is 19.4. The smallest absolute Gasteiger partial charge is 0.369 e. The number of nitrogens with two attached hydrogens (primary N) is 1. The molecule has 1 unspecified atom stereocenters. The molecule has 9 heteroatoms. The normalized spacial score (nSPS) is 21.6. The van der Waals surface area contributed by atoms with Gasteiger partial charge in [-0.1, -0.05) is 6.07 Å². The monoisotopic (exact) mass is 383 g/mol. The summed E-state index contributed by atoms with van der Waals surface area (Å²) in [5.41, 5.74) is 4.58. The van der Waals surface area contributed by atoms with E-state index in [9.17, 15) is 27.6 Å². The molecule has 1 aromatic carbocycles. The van der Waals surface area contributed by atoms with E-state index in [1.54, 1.807) is 4.90 Å². The van der Waals surface area contributed by atoms with Crippen LogP contribution < -0.4 is 10.6 Å². The van der Waals surface area contributed by atoms with Crippen molar-refractivity contribution in [3.8, 4) is 0 Å². The number of hydrogen-bond donors (Lipinski definition) is 1. The molecule has 0 aromatic heterocycles. The van der Waals surface area contributed by atoms with E-state index < -0.39 is 17.7 Å². The van der Waals surface area contributed by atoms with Crippen LogP contribution in [0.3, 0.4) is 0 Å². The number of amides is 3. The molecule has 0 aliphatic carbocycles. The fraction of sp³-hybridized carbons (Fsp3) is 0.500. The Hall–Kier alpha value is -2.58. The standard InChI is InChI=1S/C18H20F3N3O3/c19-18(20,21)13-2-1-3-14(9-13)24-10-12(8-15(24)25)17(27)23-6-4-11(5-7-23)16(22)26/h1-3,9,11-12H,4-8,10H2,(H2,22,26). The number of rotatable bonds is 3. The van der Waals surface area contributed by atoms with Gasteiger partial charge in [0.15, 0.2) is 0 Å². The molecule has 146 valence electrons. The number of carbonyl (C=O) groups is 3. The van der Waals surface area contributed by atoms with Crippen LogP contribution in [0, 0.1) is 11.8 Å². The SMILES string of the molecule is NC(=O)C1CCN(C(=O)C2CC(=O)N(c3cccc(C(F)(F)F)c3)C2)CC1. The molecule has 2 saturated heterocycles. The molecule has 0 bridgehead atoms. The maximum Gasteiger partial charge on any atom is 0.416 e. The van der Waals surface area contributed by atoms with Gasteiger partial charge < -0.3 is 15.5 Å². The van der Waals surface area contributed by atoms with Crippen LogP contribution >= 0.6 is 0 Å². The van der Waals surface area contributed by atoms with Crippen molar-refractivity contribution in [2.45, 2.75) is 25.4 Å². The second-order valence-corrected chi connectivity index (χ2v) is 6.96. The molecule has 6 nitrogen and oxygen atoms in total. The lowest BCUT2D eigenvalue weighted by molar-refractivity contribution is -0.138. The summed E-state index contributed by atoms with van der Waals surface area (Å²) in [4.78, 5) is 39.0. The number of anilines is 1. The number of halogens is 3. The van der Waals surface area contributed by atoms with Crippen LogP contribution in [-0.2, 0) is 20.6 Å². The molecule has 3 amide bonds. The van der Waals surface area contributed by atoms with E-state index in [-0.39, 0.29) is 42.3 Å². The zero-order chi connectivity index (χ0) is 19.8. The van der Waals surface area contributed by atoms with Gasteiger partial charge >= 0.3 is 6.18 Å². The quantitative estimate of drug-likeness (QED) is 0.864. The van der Waals surface area contributed by atoms with E-state index >= 15 is 0 Å². The highest BCUT2D eigenvalue weighted by Crippen LogP contribution is 2.34. The number of hydrogen-bond acceptors (Lipinski definition) is 3. The fourth-order valence-corrected chi connectivity index (χ4v) is 3.62. The Morgan fingerprint density at radius 2 is 1.78 bits per heavy atom. The third kappa shape index (κ3) is 4.06. The number of primary amides is 1. The zero-order valence-electron chi connectivity index (χ0n) is 14.5. The summed E-state index contributed by atoms with van der Waals surface area (Å²) in [7, 11) is 0. The van der Waals surface area contributed by atoms with Crippen molar-refractivity contribution in [1.29, 1.82) is 0 Å². The molecule has 3 rings (SSSR count). The van der Waals surface area contributed by atoms with Gasteiger partial charge in [-0.2, -0.15) is 13.2 Å². The Bertz CT molecular complexity index is 758. The Morgan fingerprint density at radius 1 is 1.11 bits per heavy atom. The molecule has 0 spiro atoms. The number of alkyl halides is 3. The van der Waals surface area contributed by atoms with E-state index in [2.05, 4.69) is 0 Å². The van der Waals surface area contributed by atoms with Crippen LogP contribution in [-0.4, -0.2) is 42.3 Å². The van der Waals surface area contributed by atoms with Crippen molar-refractivity contribution in [2.24, 2.45) is 17.6 Å². The van der Waals surface area contributed by atoms with E-state index in [0.29, 0.717) is 25.9 Å². The first-order valence-corrected chi connectivity index (χ1v) is 8.72. The third-order valence-corrected chi connectivity index (χ3v) is 5.17. The van der Waals surface area contributed by atoms with Crippen LogP contribution in [0.1, 0.15) is 24.8 Å². The lowest BCUT2D eigenvalue weighted by atomic mass is 9.95. The second-order valence-electron chi connectivity index (χ2n) is 6.96. The largest absolute Gasteiger partial charge is 0.416 e. The molecular weight excluding hydrogens is 363 g/mol. The van der Waals surface area contributed by atoms with Gasteiger partial charge in [-0.15, -0.1) is 0 Å². The molecule has 0 radical (unpaired) electrons. The first kappa shape index (κ1) is 19.2. The fourth-order valence-electron chi connectivity index (χ4n) is 3.62. The molecule has 2 N–H and O–H groups in total. The summed E-state index contributed by atoms with van der Waals surface area (Å²) in [5, 5.41) is 0. The summed E-state index contributed by atoms with van der Waals surface area (Å²) >= 11 is 0. The van der Waals surface area contributed by atoms with Gasteiger partial charge in [-0.05, 0) is 31.0 Å². The Labute approximate surface area is 154 Å². The van der Waals surface area contributed by atoms with Crippen molar-refractivity contribution >= 4 is 23.4 Å². The molecule has 2 heterocycles. The van der Waals surface area contributed by atoms with E-state index in [4.69, 9.17) is 5.73 Å². The predicted octanol–water partition coefficient (Wildman–Crippen LogP) is 1.78. The van der Waals surface area contributed by atoms with Crippen molar-refractivity contribution < 1.29 is 27.6 Å². The summed E-state index contributed by atoms with van der Waals surface area (Å²) in [5.74, 6) is -1.81. The van der Waals surface area contributed by atoms with Gasteiger partial charge in [0.1, 0.15) is 0 Å². The molecule has 27 heavy (non-hydrogen) atoms. The maximum atomic E-state index is 12.9. The highest BCUT2D eigenvalue weighted by molar-refractivity contribution is 6.00. The average Bonchev–Trinajstić information content (AvgIpc) is 3.02. The molecule has 2 aliphatic rings. The Kier molecular flexibility index (Phi) is 5.12. The number of piperidine rings is 1. The summed E-state index contributed by atoms with van der Waals surface area (Å²) in [6.07, 6.45) is -3.57. The number of likely N-dealkylation sites (tertiary alicyclic amines) is 1. The first-order valence-electron chi connectivity index (χ1n) is 8.72. The van der Waals surface area contributed by atoms with E-state index in [1.807, 2.05) is 0 Å². The molecule has 1 aromatic rings. The van der Waals surface area contributed by atoms with Crippen LogP contribution in [0.25, 0.3) is 0 Å². The molecule has 0 saturated carbocycles. The Morgan fingerprint density at radius 3 is 2.37 bits per heavy atom. The van der Waals surface area contributed by atoms with Gasteiger partial charge in [0, 0.05) is 37.7 Å². The van der Waals surface area contributed by atoms with E-state index in [1.165, 1.54) is 17.0 Å². The van der Waals surface area contributed by atoms with E-state index in [0.717, 1.165) is 12.1 Å². The Balaban J connectivity index is 1.67. The van der Waals surface area contributed by atoms with Crippen molar-refractivity contribution in [3.63, 3.8) is 0 Å². The van der Waals surface area contributed by atoms with Crippen molar-refractivity contribution in [2.75, 3.05) is 24.5 Å². The van der Waals surface area contributed by atoms with Gasteiger partial charge in [0.05, 0.1) is 11.5 Å². The van der Waals surface area contributed by atoms with Gasteiger partial charge in [0.25, 0.3) is 0 Å². The maximum absolute atomic E-state index is 12.9. The third-order valence-electron chi connectivity index (χ3n) is 5.17. The van der Waals surface area contributed by atoms with Crippen LogP contribution in [0.15, 0.2) is 24.3 Å².